The summed E-state index contributed by atoms with van der Waals surface area (Å²) in [6.07, 6.45) is 2.64. The second-order valence-electron chi connectivity index (χ2n) is 4.56. The van der Waals surface area contributed by atoms with E-state index in [4.69, 9.17) is 14.2 Å². The van der Waals surface area contributed by atoms with Crippen molar-refractivity contribution in [2.24, 2.45) is 10.9 Å². The summed E-state index contributed by atoms with van der Waals surface area (Å²) in [6, 6.07) is 3.26. The lowest BCUT2D eigenvalue weighted by atomic mass is 10.1. The SMILES string of the molecule is COc1ccc(N=CC2C(=O)OC(C)(C)OC2=O)cn1. The summed E-state index contributed by atoms with van der Waals surface area (Å²) in [7, 11) is 1.50. The van der Waals surface area contributed by atoms with Crippen molar-refractivity contribution < 1.29 is 23.8 Å². The van der Waals surface area contributed by atoms with Crippen LogP contribution < -0.4 is 4.74 Å². The summed E-state index contributed by atoms with van der Waals surface area (Å²) < 4.78 is 14.9. The maximum absolute atomic E-state index is 11.7. The molecule has 0 N–H and O–H groups in total. The molecule has 7 nitrogen and oxygen atoms in total. The van der Waals surface area contributed by atoms with E-state index in [0.29, 0.717) is 11.6 Å². The topological polar surface area (TPSA) is 87.1 Å². The summed E-state index contributed by atoms with van der Waals surface area (Å²) in [5.74, 6) is -3.32. The number of hydrogen-bond acceptors (Lipinski definition) is 7. The minimum Gasteiger partial charge on any atom is -0.481 e. The molecule has 20 heavy (non-hydrogen) atoms. The van der Waals surface area contributed by atoms with Crippen LogP contribution in [0.3, 0.4) is 0 Å². The molecular formula is C13H14N2O5. The molecule has 0 aromatic carbocycles. The molecule has 106 valence electrons. The van der Waals surface area contributed by atoms with Crippen molar-refractivity contribution in [1.82, 2.24) is 4.98 Å². The minimum absolute atomic E-state index is 0.446. The van der Waals surface area contributed by atoms with E-state index in [9.17, 15) is 9.59 Å². The predicted octanol–water partition coefficient (Wildman–Crippen LogP) is 1.24. The lowest BCUT2D eigenvalue weighted by molar-refractivity contribution is -0.235. The molecular weight excluding hydrogens is 264 g/mol. The van der Waals surface area contributed by atoms with Gasteiger partial charge in [-0.05, 0) is 6.07 Å². The highest BCUT2D eigenvalue weighted by atomic mass is 16.7. The van der Waals surface area contributed by atoms with Crippen LogP contribution in [0.15, 0.2) is 23.3 Å². The van der Waals surface area contributed by atoms with Gasteiger partial charge in [-0.15, -0.1) is 0 Å². The highest BCUT2D eigenvalue weighted by Crippen LogP contribution is 2.23. The fourth-order valence-corrected chi connectivity index (χ4v) is 1.58. The van der Waals surface area contributed by atoms with Crippen molar-refractivity contribution in [3.05, 3.63) is 18.3 Å². The first kappa shape index (κ1) is 14.0. The van der Waals surface area contributed by atoms with Gasteiger partial charge >= 0.3 is 11.9 Å². The van der Waals surface area contributed by atoms with Gasteiger partial charge < -0.3 is 14.2 Å². The van der Waals surface area contributed by atoms with Gasteiger partial charge in [-0.25, -0.2) is 4.98 Å². The van der Waals surface area contributed by atoms with Crippen molar-refractivity contribution in [1.29, 1.82) is 0 Å². The summed E-state index contributed by atoms with van der Waals surface area (Å²) in [5, 5.41) is 0. The van der Waals surface area contributed by atoms with Gasteiger partial charge in [-0.2, -0.15) is 0 Å². The Balaban J connectivity index is 2.10. The molecule has 0 aliphatic carbocycles. The zero-order valence-corrected chi connectivity index (χ0v) is 11.3. The predicted molar refractivity (Wildman–Crippen MR) is 68.7 cm³/mol. The van der Waals surface area contributed by atoms with Crippen LogP contribution in [0.5, 0.6) is 5.88 Å². The number of aromatic nitrogens is 1. The second-order valence-corrected chi connectivity index (χ2v) is 4.56. The van der Waals surface area contributed by atoms with Gasteiger partial charge in [0.15, 0.2) is 5.92 Å². The number of pyridine rings is 1. The smallest absolute Gasteiger partial charge is 0.329 e. The first-order chi connectivity index (χ1) is 9.41. The Morgan fingerprint density at radius 2 is 1.95 bits per heavy atom. The summed E-state index contributed by atoms with van der Waals surface area (Å²) in [4.78, 5) is 31.3. The van der Waals surface area contributed by atoms with E-state index in [1.54, 1.807) is 12.1 Å². The van der Waals surface area contributed by atoms with Crippen molar-refractivity contribution in [2.45, 2.75) is 19.6 Å². The lowest BCUT2D eigenvalue weighted by Crippen LogP contribution is -2.46. The number of cyclic esters (lactones) is 2. The van der Waals surface area contributed by atoms with E-state index in [0.717, 1.165) is 0 Å². The molecule has 0 saturated carbocycles. The van der Waals surface area contributed by atoms with E-state index in [1.165, 1.54) is 33.4 Å². The van der Waals surface area contributed by atoms with Crippen molar-refractivity contribution in [3.8, 4) is 5.88 Å². The second kappa shape index (κ2) is 5.28. The molecule has 0 spiro atoms. The van der Waals surface area contributed by atoms with Crippen molar-refractivity contribution >= 4 is 23.8 Å². The first-order valence-corrected chi connectivity index (χ1v) is 5.91. The third-order valence-corrected chi connectivity index (χ3v) is 2.50. The molecule has 0 amide bonds. The number of nitrogens with zero attached hydrogens (tertiary/aromatic N) is 2. The fraction of sp³-hybridized carbons (Fsp3) is 0.385. The average molecular weight is 278 g/mol. The van der Waals surface area contributed by atoms with Crippen LogP contribution in [0.4, 0.5) is 5.69 Å². The zero-order valence-electron chi connectivity index (χ0n) is 11.3. The molecule has 1 aromatic heterocycles. The molecule has 1 aromatic rings. The molecule has 7 heteroatoms. The Morgan fingerprint density at radius 1 is 1.30 bits per heavy atom. The molecule has 0 unspecified atom stereocenters. The normalized spacial score (nSPS) is 18.8. The molecule has 1 fully saturated rings. The number of ether oxygens (including phenoxy) is 3. The Hall–Kier alpha value is -2.44. The minimum atomic E-state index is -1.24. The highest BCUT2D eigenvalue weighted by Gasteiger charge is 2.42. The van der Waals surface area contributed by atoms with Gasteiger partial charge in [-0.3, -0.25) is 14.6 Å². The van der Waals surface area contributed by atoms with Crippen LogP contribution in [0, 0.1) is 5.92 Å². The Kier molecular flexibility index (Phi) is 3.69. The zero-order chi connectivity index (χ0) is 14.8. The van der Waals surface area contributed by atoms with Crippen LogP contribution in [0.2, 0.25) is 0 Å². The Labute approximate surface area is 115 Å². The van der Waals surface area contributed by atoms with Crippen molar-refractivity contribution in [3.63, 3.8) is 0 Å². The fourth-order valence-electron chi connectivity index (χ4n) is 1.58. The third-order valence-electron chi connectivity index (χ3n) is 2.50. The van der Waals surface area contributed by atoms with Crippen LogP contribution in [0.1, 0.15) is 13.8 Å². The van der Waals surface area contributed by atoms with E-state index in [-0.39, 0.29) is 0 Å². The van der Waals surface area contributed by atoms with Gasteiger partial charge in [0, 0.05) is 26.1 Å². The number of aliphatic imine (C=N–C) groups is 1. The Morgan fingerprint density at radius 3 is 2.45 bits per heavy atom. The maximum atomic E-state index is 11.7. The summed E-state index contributed by atoms with van der Waals surface area (Å²) in [6.45, 7) is 2.98. The number of methoxy groups -OCH3 is 1. The molecule has 0 bridgehead atoms. The third kappa shape index (κ3) is 3.11. The molecule has 1 aliphatic rings. The van der Waals surface area contributed by atoms with E-state index in [1.807, 2.05) is 0 Å². The average Bonchev–Trinajstić information content (AvgIpc) is 2.37. The van der Waals surface area contributed by atoms with E-state index in [2.05, 4.69) is 9.98 Å². The van der Waals surface area contributed by atoms with Gasteiger partial charge in [0.05, 0.1) is 19.0 Å². The van der Waals surface area contributed by atoms with E-state index >= 15 is 0 Å². The van der Waals surface area contributed by atoms with E-state index < -0.39 is 23.6 Å². The Bertz CT molecular complexity index is 530. The van der Waals surface area contributed by atoms with Gasteiger partial charge in [-0.1, -0.05) is 0 Å². The largest absolute Gasteiger partial charge is 0.481 e. The standard InChI is InChI=1S/C13H14N2O5/c1-13(2)19-11(16)9(12(17)20-13)7-14-8-4-5-10(18-3)15-6-8/h4-7,9H,1-3H3. The monoisotopic (exact) mass is 278 g/mol. The quantitative estimate of drug-likeness (QED) is 0.469. The lowest BCUT2D eigenvalue weighted by Gasteiger charge is -2.31. The van der Waals surface area contributed by atoms with Crippen LogP contribution in [0.25, 0.3) is 0 Å². The van der Waals surface area contributed by atoms with Crippen LogP contribution in [-0.2, 0) is 19.1 Å². The maximum Gasteiger partial charge on any atom is 0.329 e. The van der Waals surface area contributed by atoms with Gasteiger partial charge in [0.25, 0.3) is 5.79 Å². The van der Waals surface area contributed by atoms with Crippen molar-refractivity contribution in [2.75, 3.05) is 7.11 Å². The molecule has 0 radical (unpaired) electrons. The molecule has 0 atom stereocenters. The highest BCUT2D eigenvalue weighted by molar-refractivity contribution is 6.10. The number of rotatable bonds is 3. The molecule has 1 saturated heterocycles. The number of carbonyl (C=O) groups is 2. The molecule has 1 aliphatic heterocycles. The summed E-state index contributed by atoms with van der Waals surface area (Å²) in [5.41, 5.74) is 0.483. The summed E-state index contributed by atoms with van der Waals surface area (Å²) >= 11 is 0. The van der Waals surface area contributed by atoms with Gasteiger partial charge in [0.2, 0.25) is 5.88 Å². The van der Waals surface area contributed by atoms with Crippen LogP contribution in [-0.4, -0.2) is 36.0 Å². The molecule has 2 rings (SSSR count). The number of esters is 2. The number of hydrogen-bond donors (Lipinski definition) is 0. The van der Waals surface area contributed by atoms with Gasteiger partial charge in [0.1, 0.15) is 0 Å². The number of carbonyl (C=O) groups excluding carboxylic acids is 2. The first-order valence-electron chi connectivity index (χ1n) is 5.91. The molecule has 2 heterocycles. The van der Waals surface area contributed by atoms with Crippen LogP contribution >= 0.6 is 0 Å².